The van der Waals surface area contributed by atoms with Gasteiger partial charge in [0.05, 0.1) is 6.10 Å². The Hall–Kier alpha value is -1.55. The second-order valence-electron chi connectivity index (χ2n) is 5.84. The molecule has 0 aromatic heterocycles. The number of carbonyl (C=O) groups is 1. The molecule has 2 rings (SSSR count). The van der Waals surface area contributed by atoms with Gasteiger partial charge in [0.15, 0.2) is 0 Å². The number of rotatable bonds is 3. The average molecular weight is 276 g/mol. The molecule has 1 heterocycles. The maximum absolute atomic E-state index is 12.6. The van der Waals surface area contributed by atoms with E-state index < -0.39 is 0 Å². The Balaban J connectivity index is 2.12. The van der Waals surface area contributed by atoms with Crippen molar-refractivity contribution in [3.8, 4) is 0 Å². The highest BCUT2D eigenvalue weighted by atomic mass is 16.3. The van der Waals surface area contributed by atoms with E-state index in [-0.39, 0.29) is 17.9 Å². The molecule has 1 aliphatic heterocycles. The summed E-state index contributed by atoms with van der Waals surface area (Å²) in [7, 11) is 3.93. The lowest BCUT2D eigenvalue weighted by Crippen LogP contribution is -2.42. The number of aliphatic hydroxyl groups excluding tert-OH is 1. The summed E-state index contributed by atoms with van der Waals surface area (Å²) in [4.78, 5) is 16.4. The molecule has 0 spiro atoms. The topological polar surface area (TPSA) is 43.8 Å². The van der Waals surface area contributed by atoms with E-state index in [9.17, 15) is 9.90 Å². The van der Waals surface area contributed by atoms with Crippen molar-refractivity contribution in [2.75, 3.05) is 32.1 Å². The molecule has 20 heavy (non-hydrogen) atoms. The van der Waals surface area contributed by atoms with Gasteiger partial charge in [0.2, 0.25) is 0 Å². The third kappa shape index (κ3) is 3.31. The smallest absolute Gasteiger partial charge is 0.253 e. The number of nitrogens with zero attached hydrogens (tertiary/aromatic N) is 2. The average Bonchev–Trinajstić information content (AvgIpc) is 2.46. The van der Waals surface area contributed by atoms with E-state index in [2.05, 4.69) is 0 Å². The zero-order valence-electron chi connectivity index (χ0n) is 12.5. The van der Waals surface area contributed by atoms with Crippen molar-refractivity contribution in [3.63, 3.8) is 0 Å². The minimum absolute atomic E-state index is 0.0686. The number of anilines is 1. The molecule has 1 aromatic rings. The number of likely N-dealkylation sites (tertiary alicyclic amines) is 1. The van der Waals surface area contributed by atoms with Crippen molar-refractivity contribution in [3.05, 3.63) is 29.8 Å². The van der Waals surface area contributed by atoms with Crippen molar-refractivity contribution < 1.29 is 9.90 Å². The highest BCUT2D eigenvalue weighted by molar-refractivity contribution is 5.95. The van der Waals surface area contributed by atoms with Crippen LogP contribution in [0.3, 0.4) is 0 Å². The van der Waals surface area contributed by atoms with Gasteiger partial charge >= 0.3 is 0 Å². The highest BCUT2D eigenvalue weighted by Crippen LogP contribution is 2.22. The molecule has 0 saturated carbocycles. The molecule has 2 atom stereocenters. The van der Waals surface area contributed by atoms with Crippen LogP contribution in [0.15, 0.2) is 24.3 Å². The standard InChI is InChI=1S/C16H24N2O2/c1-12(19)14-7-5-9-18(11-14)16(20)13-6-4-8-15(10-13)17(2)3/h4,6,8,10,12,14,19H,5,7,9,11H2,1-3H3. The van der Waals surface area contributed by atoms with E-state index in [0.717, 1.165) is 30.6 Å². The summed E-state index contributed by atoms with van der Waals surface area (Å²) in [5, 5.41) is 9.72. The van der Waals surface area contributed by atoms with Gasteiger partial charge in [0.1, 0.15) is 0 Å². The number of hydrogen-bond acceptors (Lipinski definition) is 3. The van der Waals surface area contributed by atoms with Crippen LogP contribution >= 0.6 is 0 Å². The first-order chi connectivity index (χ1) is 9.49. The van der Waals surface area contributed by atoms with Gasteiger partial charge in [0, 0.05) is 44.4 Å². The normalized spacial score (nSPS) is 20.6. The molecule has 1 aromatic carbocycles. The third-order valence-electron chi connectivity index (χ3n) is 4.04. The van der Waals surface area contributed by atoms with Gasteiger partial charge in [-0.05, 0) is 38.0 Å². The zero-order chi connectivity index (χ0) is 14.7. The van der Waals surface area contributed by atoms with Crippen LogP contribution in [-0.4, -0.2) is 49.2 Å². The van der Waals surface area contributed by atoms with Gasteiger partial charge in [-0.1, -0.05) is 6.07 Å². The number of piperidine rings is 1. The number of aliphatic hydroxyl groups is 1. The maximum atomic E-state index is 12.6. The van der Waals surface area contributed by atoms with Crippen LogP contribution in [0.5, 0.6) is 0 Å². The first-order valence-corrected chi connectivity index (χ1v) is 7.23. The molecule has 4 nitrogen and oxygen atoms in total. The van der Waals surface area contributed by atoms with E-state index in [0.29, 0.717) is 6.54 Å². The van der Waals surface area contributed by atoms with Crippen LogP contribution in [0.4, 0.5) is 5.69 Å². The zero-order valence-corrected chi connectivity index (χ0v) is 12.5. The largest absolute Gasteiger partial charge is 0.393 e. The fraction of sp³-hybridized carbons (Fsp3) is 0.562. The van der Waals surface area contributed by atoms with Crippen LogP contribution in [0.1, 0.15) is 30.1 Å². The second kappa shape index (κ2) is 6.27. The van der Waals surface area contributed by atoms with Crippen molar-refractivity contribution in [1.29, 1.82) is 0 Å². The Labute approximate surface area is 121 Å². The van der Waals surface area contributed by atoms with Gasteiger partial charge in [0.25, 0.3) is 5.91 Å². The number of carbonyl (C=O) groups excluding carboxylic acids is 1. The molecule has 0 radical (unpaired) electrons. The Morgan fingerprint density at radius 2 is 2.20 bits per heavy atom. The first kappa shape index (κ1) is 14.9. The van der Waals surface area contributed by atoms with Gasteiger partial charge in [-0.3, -0.25) is 4.79 Å². The van der Waals surface area contributed by atoms with Crippen molar-refractivity contribution >= 4 is 11.6 Å². The minimum Gasteiger partial charge on any atom is -0.393 e. The van der Waals surface area contributed by atoms with E-state index in [1.54, 1.807) is 0 Å². The molecule has 110 valence electrons. The summed E-state index contributed by atoms with van der Waals surface area (Å²) in [5.74, 6) is 0.267. The van der Waals surface area contributed by atoms with Crippen molar-refractivity contribution in [1.82, 2.24) is 4.90 Å². The van der Waals surface area contributed by atoms with E-state index in [1.165, 1.54) is 0 Å². The van der Waals surface area contributed by atoms with Crippen molar-refractivity contribution in [2.45, 2.75) is 25.9 Å². The lowest BCUT2D eigenvalue weighted by molar-refractivity contribution is 0.0466. The molecular formula is C16H24N2O2. The van der Waals surface area contributed by atoms with Gasteiger partial charge < -0.3 is 14.9 Å². The highest BCUT2D eigenvalue weighted by Gasteiger charge is 2.27. The molecule has 2 unspecified atom stereocenters. The molecule has 1 saturated heterocycles. The second-order valence-corrected chi connectivity index (χ2v) is 5.84. The fourth-order valence-corrected chi connectivity index (χ4v) is 2.69. The van der Waals surface area contributed by atoms with Gasteiger partial charge in [-0.2, -0.15) is 0 Å². The Morgan fingerprint density at radius 1 is 1.45 bits per heavy atom. The Bertz CT molecular complexity index is 471. The predicted octanol–water partition coefficient (Wildman–Crippen LogP) is 1.99. The van der Waals surface area contributed by atoms with Crippen molar-refractivity contribution in [2.24, 2.45) is 5.92 Å². The Kier molecular flexibility index (Phi) is 4.65. The first-order valence-electron chi connectivity index (χ1n) is 7.23. The minimum atomic E-state index is -0.348. The summed E-state index contributed by atoms with van der Waals surface area (Å²) in [6.45, 7) is 3.25. The molecule has 0 bridgehead atoms. The van der Waals surface area contributed by atoms with Crippen LogP contribution in [0.25, 0.3) is 0 Å². The number of amides is 1. The maximum Gasteiger partial charge on any atom is 0.253 e. The Morgan fingerprint density at radius 3 is 2.85 bits per heavy atom. The van der Waals surface area contributed by atoms with E-state index >= 15 is 0 Å². The summed E-state index contributed by atoms with van der Waals surface area (Å²) >= 11 is 0. The summed E-state index contributed by atoms with van der Waals surface area (Å²) in [5.41, 5.74) is 1.75. The van der Waals surface area contributed by atoms with Crippen LogP contribution < -0.4 is 4.90 Å². The molecule has 1 amide bonds. The lowest BCUT2D eigenvalue weighted by Gasteiger charge is -2.34. The quantitative estimate of drug-likeness (QED) is 0.918. The summed E-state index contributed by atoms with van der Waals surface area (Å²) in [6, 6.07) is 7.69. The predicted molar refractivity (Wildman–Crippen MR) is 81.1 cm³/mol. The molecule has 1 fully saturated rings. The summed E-state index contributed by atoms with van der Waals surface area (Å²) in [6.07, 6.45) is 1.62. The van der Waals surface area contributed by atoms with Gasteiger partial charge in [-0.25, -0.2) is 0 Å². The summed E-state index contributed by atoms with van der Waals surface area (Å²) < 4.78 is 0. The van der Waals surface area contributed by atoms with E-state index in [1.807, 2.05) is 55.1 Å². The number of benzene rings is 1. The monoisotopic (exact) mass is 276 g/mol. The molecule has 0 aliphatic carbocycles. The molecule has 1 aliphatic rings. The molecule has 1 N–H and O–H groups in total. The fourth-order valence-electron chi connectivity index (χ4n) is 2.69. The van der Waals surface area contributed by atoms with Crippen LogP contribution in [0.2, 0.25) is 0 Å². The number of hydrogen-bond donors (Lipinski definition) is 1. The van der Waals surface area contributed by atoms with E-state index in [4.69, 9.17) is 0 Å². The molecular weight excluding hydrogens is 252 g/mol. The van der Waals surface area contributed by atoms with Crippen LogP contribution in [-0.2, 0) is 0 Å². The third-order valence-corrected chi connectivity index (χ3v) is 4.04. The lowest BCUT2D eigenvalue weighted by atomic mass is 9.93. The molecule has 4 heteroatoms. The SMILES string of the molecule is CC(O)C1CCCN(C(=O)c2cccc(N(C)C)c2)C1. The van der Waals surface area contributed by atoms with Crippen LogP contribution in [0, 0.1) is 5.92 Å². The van der Waals surface area contributed by atoms with Gasteiger partial charge in [-0.15, -0.1) is 0 Å².